The number of hydrogen-bond donors (Lipinski definition) is 1. The Morgan fingerprint density at radius 3 is 2.56 bits per heavy atom. The maximum Gasteiger partial charge on any atom is 0.147 e. The first-order chi connectivity index (χ1) is 15.1. The average Bonchev–Trinajstić information content (AvgIpc) is 3.12. The van der Waals surface area contributed by atoms with E-state index in [1.54, 1.807) is 6.07 Å². The average molecular weight is 496 g/mol. The van der Waals surface area contributed by atoms with E-state index in [0.717, 1.165) is 55.1 Å². The van der Waals surface area contributed by atoms with Gasteiger partial charge in [0.1, 0.15) is 5.82 Å². The molecule has 0 amide bonds. The van der Waals surface area contributed by atoms with Gasteiger partial charge in [-0.1, -0.05) is 41.8 Å². The highest BCUT2D eigenvalue weighted by atomic mass is 35.5. The van der Waals surface area contributed by atoms with Crippen LogP contribution in [0.4, 0.5) is 5.82 Å². The molecule has 2 fully saturated rings. The summed E-state index contributed by atoms with van der Waals surface area (Å²) in [6, 6.07) is 5.90. The third kappa shape index (κ3) is 4.70. The number of anilines is 1. The molecule has 1 aliphatic carbocycles. The molecule has 1 saturated carbocycles. The third-order valence-electron chi connectivity index (χ3n) is 6.94. The van der Waals surface area contributed by atoms with Crippen molar-refractivity contribution in [1.82, 2.24) is 14.7 Å². The van der Waals surface area contributed by atoms with Crippen molar-refractivity contribution in [3.8, 4) is 11.3 Å². The summed E-state index contributed by atoms with van der Waals surface area (Å²) in [6.07, 6.45) is 7.51. The van der Waals surface area contributed by atoms with Crippen molar-refractivity contribution in [3.63, 3.8) is 0 Å². The summed E-state index contributed by atoms with van der Waals surface area (Å²) in [6.45, 7) is 9.93. The van der Waals surface area contributed by atoms with Crippen LogP contribution in [0, 0.1) is 12.3 Å². The molecule has 174 valence electrons. The highest BCUT2D eigenvalue weighted by Crippen LogP contribution is 2.47. The second-order valence-corrected chi connectivity index (χ2v) is 12.8. The molecule has 1 aromatic carbocycles. The van der Waals surface area contributed by atoms with Crippen LogP contribution in [0.25, 0.3) is 11.3 Å². The Morgan fingerprint density at radius 2 is 1.91 bits per heavy atom. The largest absolute Gasteiger partial charge is 0.355 e. The topological polar surface area (TPSA) is 58.1 Å². The van der Waals surface area contributed by atoms with Gasteiger partial charge in [-0.2, -0.15) is 0 Å². The SMILES string of the molecule is Cc1nc(N2CCC3(CCC[C@H]3N[S@](=O)C(C)(C)C)CC2)cnc1-c1cccc(Cl)c1Cl. The van der Waals surface area contributed by atoms with Crippen LogP contribution in [0.3, 0.4) is 0 Å². The van der Waals surface area contributed by atoms with Crippen molar-refractivity contribution in [2.24, 2.45) is 5.41 Å². The Balaban J connectivity index is 1.47. The van der Waals surface area contributed by atoms with Crippen LogP contribution in [0.1, 0.15) is 58.6 Å². The van der Waals surface area contributed by atoms with Crippen molar-refractivity contribution < 1.29 is 4.21 Å². The molecule has 1 aromatic heterocycles. The van der Waals surface area contributed by atoms with Crippen molar-refractivity contribution in [3.05, 3.63) is 40.1 Å². The maximum atomic E-state index is 12.7. The van der Waals surface area contributed by atoms with Gasteiger partial charge in [0, 0.05) is 24.7 Å². The molecule has 5 nitrogen and oxygen atoms in total. The molecule has 0 bridgehead atoms. The highest BCUT2D eigenvalue weighted by Gasteiger charge is 2.46. The van der Waals surface area contributed by atoms with Crippen molar-refractivity contribution in [2.45, 2.75) is 70.6 Å². The molecule has 2 aliphatic rings. The van der Waals surface area contributed by atoms with E-state index in [1.165, 1.54) is 12.8 Å². The number of nitrogens with one attached hydrogen (secondary N) is 1. The Bertz CT molecular complexity index is 1020. The third-order valence-corrected chi connectivity index (χ3v) is 9.37. The zero-order valence-electron chi connectivity index (χ0n) is 19.3. The van der Waals surface area contributed by atoms with Gasteiger partial charge < -0.3 is 4.90 Å². The lowest BCUT2D eigenvalue weighted by molar-refractivity contribution is 0.188. The smallest absolute Gasteiger partial charge is 0.147 e. The second kappa shape index (κ2) is 9.21. The number of aromatic nitrogens is 2. The number of aryl methyl sites for hydroxylation is 1. The van der Waals surface area contributed by atoms with E-state index in [-0.39, 0.29) is 10.2 Å². The van der Waals surface area contributed by atoms with Crippen LogP contribution in [0.2, 0.25) is 10.0 Å². The van der Waals surface area contributed by atoms with Crippen molar-refractivity contribution in [2.75, 3.05) is 18.0 Å². The second-order valence-electron chi connectivity index (χ2n) is 10.1. The fraction of sp³-hybridized carbons (Fsp3) is 0.583. The van der Waals surface area contributed by atoms with Gasteiger partial charge in [0.15, 0.2) is 0 Å². The standard InChI is InChI=1S/C24H32Cl2N4OS/c1-16-22(17-7-5-8-18(25)21(17)26)27-15-20(28-16)30-13-11-24(12-14-30)10-6-9-19(24)29-32(31)23(2,3)4/h5,7-8,15,19,29H,6,9-14H2,1-4H3/t19-,32-/m1/s1. The van der Waals surface area contributed by atoms with Crippen LogP contribution < -0.4 is 9.62 Å². The fourth-order valence-corrected chi connectivity index (χ4v) is 6.35. The Labute approximate surface area is 203 Å². The molecule has 1 spiro atoms. The van der Waals surface area contributed by atoms with Crippen LogP contribution >= 0.6 is 23.2 Å². The van der Waals surface area contributed by atoms with Crippen molar-refractivity contribution >= 4 is 40.0 Å². The van der Waals surface area contributed by atoms with E-state index in [1.807, 2.05) is 46.0 Å². The number of benzene rings is 1. The van der Waals surface area contributed by atoms with Gasteiger partial charge in [0.05, 0.1) is 43.4 Å². The van der Waals surface area contributed by atoms with Crippen LogP contribution in [0.15, 0.2) is 24.4 Å². The predicted octanol–water partition coefficient (Wildman–Crippen LogP) is 5.95. The van der Waals surface area contributed by atoms with Crippen molar-refractivity contribution in [1.29, 1.82) is 0 Å². The lowest BCUT2D eigenvalue weighted by atomic mass is 9.74. The summed E-state index contributed by atoms with van der Waals surface area (Å²) in [5, 5.41) is 1.02. The Hall–Kier alpha value is -1.21. The lowest BCUT2D eigenvalue weighted by Gasteiger charge is -2.44. The summed E-state index contributed by atoms with van der Waals surface area (Å²) in [4.78, 5) is 11.9. The first kappa shape index (κ1) is 23.9. The molecule has 2 atom stereocenters. The minimum absolute atomic E-state index is 0.230. The molecule has 4 rings (SSSR count). The van der Waals surface area contributed by atoms with Crippen LogP contribution in [-0.2, 0) is 11.0 Å². The van der Waals surface area contributed by atoms with Gasteiger partial charge in [0.25, 0.3) is 0 Å². The Kier molecular flexibility index (Phi) is 6.88. The van der Waals surface area contributed by atoms with Gasteiger partial charge >= 0.3 is 0 Å². The first-order valence-corrected chi connectivity index (χ1v) is 13.2. The predicted molar refractivity (Wildman–Crippen MR) is 135 cm³/mol. The minimum Gasteiger partial charge on any atom is -0.355 e. The van der Waals surface area contributed by atoms with Gasteiger partial charge in [0.2, 0.25) is 0 Å². The quantitative estimate of drug-likeness (QED) is 0.570. The van der Waals surface area contributed by atoms with Gasteiger partial charge in [-0.3, -0.25) is 4.98 Å². The summed E-state index contributed by atoms with van der Waals surface area (Å²) in [7, 11) is -1.03. The van der Waals surface area contributed by atoms with Gasteiger partial charge in [-0.15, -0.1) is 0 Å². The van der Waals surface area contributed by atoms with E-state index in [0.29, 0.717) is 16.1 Å². The molecular weight excluding hydrogens is 463 g/mol. The number of halogens is 2. The summed E-state index contributed by atoms with van der Waals surface area (Å²) in [5.74, 6) is 0.903. The molecular formula is C24H32Cl2N4OS. The van der Waals surface area contributed by atoms with Gasteiger partial charge in [-0.05, 0) is 64.9 Å². The van der Waals surface area contributed by atoms with Crippen LogP contribution in [0.5, 0.6) is 0 Å². The number of hydrogen-bond acceptors (Lipinski definition) is 4. The minimum atomic E-state index is -1.03. The van der Waals surface area contributed by atoms with E-state index < -0.39 is 11.0 Å². The lowest BCUT2D eigenvalue weighted by Crippen LogP contribution is -2.51. The maximum absolute atomic E-state index is 12.7. The molecule has 0 unspecified atom stereocenters. The summed E-state index contributed by atoms with van der Waals surface area (Å²) >= 11 is 12.6. The molecule has 8 heteroatoms. The van der Waals surface area contributed by atoms with Crippen LogP contribution in [-0.4, -0.2) is 38.1 Å². The van der Waals surface area contributed by atoms with Gasteiger partial charge in [-0.25, -0.2) is 13.9 Å². The number of piperidine rings is 1. The summed E-state index contributed by atoms with van der Waals surface area (Å²) in [5.41, 5.74) is 2.64. The first-order valence-electron chi connectivity index (χ1n) is 11.3. The zero-order valence-corrected chi connectivity index (χ0v) is 21.6. The van der Waals surface area contributed by atoms with E-state index in [4.69, 9.17) is 33.2 Å². The summed E-state index contributed by atoms with van der Waals surface area (Å²) < 4.78 is 16.0. The molecule has 0 radical (unpaired) electrons. The fourth-order valence-electron chi connectivity index (χ4n) is 4.98. The Morgan fingerprint density at radius 1 is 1.19 bits per heavy atom. The number of rotatable bonds is 4. The zero-order chi connectivity index (χ0) is 23.1. The molecule has 2 heterocycles. The molecule has 2 aromatic rings. The molecule has 1 N–H and O–H groups in total. The number of nitrogens with zero attached hydrogens (tertiary/aromatic N) is 3. The molecule has 1 saturated heterocycles. The normalized spacial score (nSPS) is 21.8. The van der Waals surface area contributed by atoms with E-state index >= 15 is 0 Å². The van der Waals surface area contributed by atoms with E-state index in [2.05, 4.69) is 9.62 Å². The highest BCUT2D eigenvalue weighted by molar-refractivity contribution is 7.84. The van der Waals surface area contributed by atoms with E-state index in [9.17, 15) is 4.21 Å². The monoisotopic (exact) mass is 494 g/mol. The molecule has 32 heavy (non-hydrogen) atoms. The molecule has 1 aliphatic heterocycles.